The van der Waals surface area contributed by atoms with Crippen LogP contribution in [0.1, 0.15) is 49.5 Å². The Kier molecular flexibility index (Phi) is 4.92. The zero-order valence-corrected chi connectivity index (χ0v) is 11.6. The van der Waals surface area contributed by atoms with Gasteiger partial charge in [0.15, 0.2) is 5.84 Å². The first-order valence-electron chi connectivity index (χ1n) is 6.36. The quantitative estimate of drug-likeness (QED) is 0.329. The molecule has 1 aromatic rings. The fourth-order valence-electron chi connectivity index (χ4n) is 1.65. The summed E-state index contributed by atoms with van der Waals surface area (Å²) >= 11 is 0. The molecule has 0 saturated heterocycles. The molecule has 0 fully saturated rings. The van der Waals surface area contributed by atoms with E-state index in [4.69, 9.17) is 10.9 Å². The zero-order chi connectivity index (χ0) is 14.5. The molecule has 0 aromatic heterocycles. The number of hydrogen-bond acceptors (Lipinski definition) is 3. The molecule has 0 radical (unpaired) electrons. The molecule has 5 nitrogen and oxygen atoms in total. The Hall–Kier alpha value is -2.04. The van der Waals surface area contributed by atoms with Crippen molar-refractivity contribution in [2.75, 3.05) is 0 Å². The van der Waals surface area contributed by atoms with E-state index in [1.165, 1.54) is 0 Å². The van der Waals surface area contributed by atoms with Crippen molar-refractivity contribution in [3.8, 4) is 0 Å². The molecular weight excluding hydrogens is 242 g/mol. The summed E-state index contributed by atoms with van der Waals surface area (Å²) in [6.45, 7) is 6.09. The molecule has 1 aromatic carbocycles. The summed E-state index contributed by atoms with van der Waals surface area (Å²) in [5, 5.41) is 14.6. The topological polar surface area (TPSA) is 87.7 Å². The van der Waals surface area contributed by atoms with Gasteiger partial charge in [0, 0.05) is 16.7 Å². The average molecular weight is 263 g/mol. The standard InChI is InChI=1S/C14H21N3O2/c1-4-14(3,5-2)16-13(18)11-8-6-7-10(9-11)12(15)17-19/h6-9,19H,4-5H2,1-3H3,(H2,15,17)(H,16,18). The van der Waals surface area contributed by atoms with Crippen LogP contribution in [0, 0.1) is 0 Å². The van der Waals surface area contributed by atoms with Gasteiger partial charge in [-0.2, -0.15) is 0 Å². The monoisotopic (exact) mass is 263 g/mol. The third-order valence-corrected chi connectivity index (χ3v) is 3.50. The smallest absolute Gasteiger partial charge is 0.251 e. The number of amidine groups is 1. The van der Waals surface area contributed by atoms with Crippen molar-refractivity contribution in [1.82, 2.24) is 5.32 Å². The van der Waals surface area contributed by atoms with Crippen LogP contribution in [-0.4, -0.2) is 22.5 Å². The van der Waals surface area contributed by atoms with Crippen molar-refractivity contribution < 1.29 is 10.0 Å². The van der Waals surface area contributed by atoms with Gasteiger partial charge in [-0.25, -0.2) is 0 Å². The summed E-state index contributed by atoms with van der Waals surface area (Å²) in [4.78, 5) is 12.2. The first-order valence-corrected chi connectivity index (χ1v) is 6.36. The number of hydrogen-bond donors (Lipinski definition) is 3. The minimum atomic E-state index is -0.219. The maximum Gasteiger partial charge on any atom is 0.251 e. The first-order chi connectivity index (χ1) is 8.95. The van der Waals surface area contributed by atoms with Crippen molar-refractivity contribution in [1.29, 1.82) is 0 Å². The fraction of sp³-hybridized carbons (Fsp3) is 0.429. The second-order valence-electron chi connectivity index (χ2n) is 4.79. The Morgan fingerprint density at radius 3 is 2.47 bits per heavy atom. The van der Waals surface area contributed by atoms with Gasteiger partial charge in [0.05, 0.1) is 0 Å². The average Bonchev–Trinajstić information content (AvgIpc) is 2.46. The van der Waals surface area contributed by atoms with Crippen LogP contribution in [0.4, 0.5) is 0 Å². The number of oxime groups is 1. The van der Waals surface area contributed by atoms with Gasteiger partial charge in [0.2, 0.25) is 0 Å². The molecule has 104 valence electrons. The summed E-state index contributed by atoms with van der Waals surface area (Å²) in [5.74, 6) is -0.165. The van der Waals surface area contributed by atoms with Crippen LogP contribution in [0.15, 0.2) is 29.4 Å². The number of amides is 1. The first kappa shape index (κ1) is 15.0. The molecule has 0 spiro atoms. The molecular formula is C14H21N3O2. The van der Waals surface area contributed by atoms with Gasteiger partial charge in [-0.3, -0.25) is 4.79 Å². The highest BCUT2D eigenvalue weighted by atomic mass is 16.4. The molecule has 4 N–H and O–H groups in total. The van der Waals surface area contributed by atoms with Crippen LogP contribution < -0.4 is 11.1 Å². The number of carbonyl (C=O) groups excluding carboxylic acids is 1. The zero-order valence-electron chi connectivity index (χ0n) is 11.6. The van der Waals surface area contributed by atoms with E-state index in [1.807, 2.05) is 20.8 Å². The predicted octanol–water partition coefficient (Wildman–Crippen LogP) is 2.09. The Balaban J connectivity index is 2.95. The number of nitrogens with one attached hydrogen (secondary N) is 1. The fourth-order valence-corrected chi connectivity index (χ4v) is 1.65. The van der Waals surface area contributed by atoms with Crippen LogP contribution >= 0.6 is 0 Å². The third-order valence-electron chi connectivity index (χ3n) is 3.50. The van der Waals surface area contributed by atoms with Crippen LogP contribution in [0.3, 0.4) is 0 Å². The second-order valence-corrected chi connectivity index (χ2v) is 4.79. The second kappa shape index (κ2) is 6.22. The van der Waals surface area contributed by atoms with Crippen LogP contribution in [0.5, 0.6) is 0 Å². The maximum absolute atomic E-state index is 12.2. The molecule has 0 aliphatic rings. The molecule has 5 heteroatoms. The lowest BCUT2D eigenvalue weighted by Crippen LogP contribution is -2.45. The lowest BCUT2D eigenvalue weighted by molar-refractivity contribution is 0.0901. The van der Waals surface area contributed by atoms with Crippen molar-refractivity contribution in [3.63, 3.8) is 0 Å². The van der Waals surface area contributed by atoms with E-state index < -0.39 is 0 Å². The maximum atomic E-state index is 12.2. The van der Waals surface area contributed by atoms with Crippen molar-refractivity contribution in [2.24, 2.45) is 10.9 Å². The Bertz CT molecular complexity index is 479. The molecule has 19 heavy (non-hydrogen) atoms. The number of carbonyl (C=O) groups is 1. The SMILES string of the molecule is CCC(C)(CC)NC(=O)c1cccc(/C(N)=N/O)c1. The third kappa shape index (κ3) is 3.71. The van der Waals surface area contributed by atoms with E-state index in [2.05, 4.69) is 10.5 Å². The molecule has 0 aliphatic carbocycles. The normalized spacial score (nSPS) is 12.3. The minimum absolute atomic E-state index is 0.0107. The summed E-state index contributed by atoms with van der Waals surface area (Å²) < 4.78 is 0. The molecule has 0 heterocycles. The van der Waals surface area contributed by atoms with Gasteiger partial charge >= 0.3 is 0 Å². The van der Waals surface area contributed by atoms with E-state index in [9.17, 15) is 4.79 Å². The molecule has 0 aliphatic heterocycles. The van der Waals surface area contributed by atoms with Gasteiger partial charge in [0.1, 0.15) is 0 Å². The Morgan fingerprint density at radius 2 is 1.95 bits per heavy atom. The highest BCUT2D eigenvalue weighted by Gasteiger charge is 2.22. The van der Waals surface area contributed by atoms with E-state index in [0.29, 0.717) is 11.1 Å². The van der Waals surface area contributed by atoms with E-state index in [-0.39, 0.29) is 17.3 Å². The number of benzene rings is 1. The summed E-state index contributed by atoms with van der Waals surface area (Å²) in [6.07, 6.45) is 1.71. The molecule has 0 unspecified atom stereocenters. The van der Waals surface area contributed by atoms with Gasteiger partial charge < -0.3 is 16.3 Å². The predicted molar refractivity (Wildman–Crippen MR) is 75.4 cm³/mol. The largest absolute Gasteiger partial charge is 0.409 e. The van der Waals surface area contributed by atoms with Gasteiger partial charge in [-0.1, -0.05) is 31.1 Å². The van der Waals surface area contributed by atoms with Crippen LogP contribution in [0.25, 0.3) is 0 Å². The van der Waals surface area contributed by atoms with Gasteiger partial charge in [0.25, 0.3) is 5.91 Å². The number of rotatable bonds is 5. The van der Waals surface area contributed by atoms with Crippen LogP contribution in [-0.2, 0) is 0 Å². The summed E-state index contributed by atoms with van der Waals surface area (Å²) in [7, 11) is 0. The lowest BCUT2D eigenvalue weighted by Gasteiger charge is -2.28. The van der Waals surface area contributed by atoms with Gasteiger partial charge in [-0.15, -0.1) is 0 Å². The molecule has 0 bridgehead atoms. The van der Waals surface area contributed by atoms with E-state index in [1.54, 1.807) is 24.3 Å². The summed E-state index contributed by atoms with van der Waals surface area (Å²) in [5.41, 5.74) is 6.31. The molecule has 1 amide bonds. The molecule has 0 saturated carbocycles. The van der Waals surface area contributed by atoms with E-state index in [0.717, 1.165) is 12.8 Å². The summed E-state index contributed by atoms with van der Waals surface area (Å²) in [6, 6.07) is 6.70. The Labute approximate surface area is 113 Å². The van der Waals surface area contributed by atoms with E-state index >= 15 is 0 Å². The van der Waals surface area contributed by atoms with Crippen molar-refractivity contribution >= 4 is 11.7 Å². The number of nitrogens with zero attached hydrogens (tertiary/aromatic N) is 1. The van der Waals surface area contributed by atoms with Crippen molar-refractivity contribution in [3.05, 3.63) is 35.4 Å². The van der Waals surface area contributed by atoms with Gasteiger partial charge in [-0.05, 0) is 31.9 Å². The number of nitrogens with two attached hydrogens (primary N) is 1. The lowest BCUT2D eigenvalue weighted by atomic mass is 9.95. The highest BCUT2D eigenvalue weighted by molar-refractivity contribution is 6.01. The minimum Gasteiger partial charge on any atom is -0.409 e. The Morgan fingerprint density at radius 1 is 1.37 bits per heavy atom. The molecule has 1 rings (SSSR count). The highest BCUT2D eigenvalue weighted by Crippen LogP contribution is 2.15. The van der Waals surface area contributed by atoms with Crippen LogP contribution in [0.2, 0.25) is 0 Å². The molecule has 0 atom stereocenters. The van der Waals surface area contributed by atoms with Crippen molar-refractivity contribution in [2.45, 2.75) is 39.2 Å².